The van der Waals surface area contributed by atoms with Crippen LogP contribution in [0.2, 0.25) is 0 Å². The van der Waals surface area contributed by atoms with Gasteiger partial charge in [0.15, 0.2) is 0 Å². The maximum absolute atomic E-state index is 11.6. The number of hydrogen-bond acceptors (Lipinski definition) is 4. The van der Waals surface area contributed by atoms with Crippen LogP contribution in [0.1, 0.15) is 43.0 Å². The molecule has 1 saturated heterocycles. The van der Waals surface area contributed by atoms with Crippen molar-refractivity contribution in [3.05, 3.63) is 23.0 Å². The van der Waals surface area contributed by atoms with Crippen molar-refractivity contribution in [1.82, 2.24) is 15.2 Å². The number of ether oxygens (including phenoxy) is 1. The third-order valence-corrected chi connectivity index (χ3v) is 4.31. The second-order valence-electron chi connectivity index (χ2n) is 6.04. The molecule has 0 spiro atoms. The van der Waals surface area contributed by atoms with Gasteiger partial charge in [0.05, 0.1) is 12.8 Å². The number of hydrogen-bond donors (Lipinski definition) is 1. The normalized spacial score (nSPS) is 19.0. The Morgan fingerprint density at radius 3 is 2.95 bits per heavy atom. The number of methoxy groups -OCH3 is 1. The predicted molar refractivity (Wildman–Crippen MR) is 87.0 cm³/mol. The average molecular weight is 305 g/mol. The molecule has 0 radical (unpaired) electrons. The van der Waals surface area contributed by atoms with E-state index in [-0.39, 0.29) is 11.9 Å². The van der Waals surface area contributed by atoms with Crippen molar-refractivity contribution in [3.8, 4) is 5.75 Å². The van der Waals surface area contributed by atoms with Crippen LogP contribution in [0.25, 0.3) is 0 Å². The van der Waals surface area contributed by atoms with Gasteiger partial charge in [-0.25, -0.2) is 0 Å². The summed E-state index contributed by atoms with van der Waals surface area (Å²) in [5.74, 6) is 1.07. The van der Waals surface area contributed by atoms with Crippen molar-refractivity contribution in [2.75, 3.05) is 20.2 Å². The molecule has 0 aliphatic carbocycles. The van der Waals surface area contributed by atoms with E-state index in [0.717, 1.165) is 55.0 Å². The Kier molecular flexibility index (Phi) is 5.77. The number of aryl methyl sites for hydroxylation is 1. The molecule has 1 fully saturated rings. The lowest BCUT2D eigenvalue weighted by molar-refractivity contribution is -0.121. The van der Waals surface area contributed by atoms with E-state index in [0.29, 0.717) is 6.42 Å². The van der Waals surface area contributed by atoms with Crippen LogP contribution in [0.3, 0.4) is 0 Å². The summed E-state index contributed by atoms with van der Waals surface area (Å²) in [7, 11) is 1.70. The quantitative estimate of drug-likeness (QED) is 0.906. The molecule has 0 aromatic carbocycles. The summed E-state index contributed by atoms with van der Waals surface area (Å²) in [6.07, 6.45) is 4.59. The van der Waals surface area contributed by atoms with Gasteiger partial charge in [0.2, 0.25) is 5.91 Å². The van der Waals surface area contributed by atoms with E-state index in [1.165, 1.54) is 0 Å². The molecule has 5 heteroatoms. The SMILES string of the molecule is CCC(=O)N[C@H]1CCCN(Cc2ncc(C)c(OC)c2C)C1. The van der Waals surface area contributed by atoms with Crippen LogP contribution in [0.15, 0.2) is 6.20 Å². The number of rotatable bonds is 5. The summed E-state index contributed by atoms with van der Waals surface area (Å²) < 4.78 is 5.48. The van der Waals surface area contributed by atoms with E-state index >= 15 is 0 Å². The zero-order chi connectivity index (χ0) is 16.1. The van der Waals surface area contributed by atoms with Crippen molar-refractivity contribution in [3.63, 3.8) is 0 Å². The Bertz CT molecular complexity index is 531. The molecule has 1 aliphatic rings. The number of carbonyl (C=O) groups excluding carboxylic acids is 1. The summed E-state index contributed by atoms with van der Waals surface area (Å²) >= 11 is 0. The predicted octanol–water partition coefficient (Wildman–Crippen LogP) is 2.20. The highest BCUT2D eigenvalue weighted by Gasteiger charge is 2.22. The summed E-state index contributed by atoms with van der Waals surface area (Å²) in [4.78, 5) is 18.5. The molecular formula is C17H27N3O2. The minimum atomic E-state index is 0.137. The second-order valence-corrected chi connectivity index (χ2v) is 6.04. The van der Waals surface area contributed by atoms with Gasteiger partial charge in [-0.15, -0.1) is 0 Å². The largest absolute Gasteiger partial charge is 0.496 e. The highest BCUT2D eigenvalue weighted by Crippen LogP contribution is 2.25. The topological polar surface area (TPSA) is 54.5 Å². The number of carbonyl (C=O) groups is 1. The van der Waals surface area contributed by atoms with Gasteiger partial charge in [-0.05, 0) is 33.2 Å². The van der Waals surface area contributed by atoms with Crippen LogP contribution in [-0.4, -0.2) is 42.0 Å². The second kappa shape index (κ2) is 7.58. The van der Waals surface area contributed by atoms with Crippen molar-refractivity contribution >= 4 is 5.91 Å². The van der Waals surface area contributed by atoms with Crippen molar-refractivity contribution < 1.29 is 9.53 Å². The monoisotopic (exact) mass is 305 g/mol. The number of pyridine rings is 1. The number of amides is 1. The number of nitrogens with zero attached hydrogens (tertiary/aromatic N) is 2. The fourth-order valence-corrected chi connectivity index (χ4v) is 3.09. The lowest BCUT2D eigenvalue weighted by Gasteiger charge is -2.33. The maximum Gasteiger partial charge on any atom is 0.219 e. The number of piperidine rings is 1. The average Bonchev–Trinajstić information content (AvgIpc) is 2.51. The lowest BCUT2D eigenvalue weighted by atomic mass is 10.0. The van der Waals surface area contributed by atoms with Gasteiger partial charge in [-0.3, -0.25) is 14.7 Å². The molecule has 0 saturated carbocycles. The summed E-state index contributed by atoms with van der Waals surface area (Å²) in [6, 6.07) is 0.258. The highest BCUT2D eigenvalue weighted by molar-refractivity contribution is 5.75. The smallest absolute Gasteiger partial charge is 0.219 e. The number of aromatic nitrogens is 1. The zero-order valence-electron chi connectivity index (χ0n) is 14.1. The maximum atomic E-state index is 11.6. The number of nitrogens with one attached hydrogen (secondary N) is 1. The van der Waals surface area contributed by atoms with Gasteiger partial charge in [-0.2, -0.15) is 0 Å². The zero-order valence-corrected chi connectivity index (χ0v) is 14.1. The lowest BCUT2D eigenvalue weighted by Crippen LogP contribution is -2.47. The molecule has 1 amide bonds. The molecule has 2 rings (SSSR count). The molecule has 1 aromatic heterocycles. The summed E-state index contributed by atoms with van der Waals surface area (Å²) in [5, 5.41) is 3.10. The van der Waals surface area contributed by atoms with E-state index < -0.39 is 0 Å². The molecule has 5 nitrogen and oxygen atoms in total. The first kappa shape index (κ1) is 16.7. The van der Waals surface area contributed by atoms with Crippen LogP contribution in [0.4, 0.5) is 0 Å². The highest BCUT2D eigenvalue weighted by atomic mass is 16.5. The van der Waals surface area contributed by atoms with Gasteiger partial charge in [0, 0.05) is 42.9 Å². The third kappa shape index (κ3) is 3.97. The Morgan fingerprint density at radius 2 is 2.27 bits per heavy atom. The third-order valence-electron chi connectivity index (χ3n) is 4.31. The molecule has 1 atom stereocenters. The first-order valence-electron chi connectivity index (χ1n) is 8.06. The van der Waals surface area contributed by atoms with Crippen LogP contribution >= 0.6 is 0 Å². The first-order valence-corrected chi connectivity index (χ1v) is 8.06. The minimum absolute atomic E-state index is 0.137. The summed E-state index contributed by atoms with van der Waals surface area (Å²) in [5.41, 5.74) is 3.24. The molecule has 0 bridgehead atoms. The van der Waals surface area contributed by atoms with Crippen LogP contribution in [0.5, 0.6) is 5.75 Å². The van der Waals surface area contributed by atoms with Gasteiger partial charge in [-0.1, -0.05) is 6.92 Å². The van der Waals surface area contributed by atoms with Crippen LogP contribution in [-0.2, 0) is 11.3 Å². The molecule has 1 N–H and O–H groups in total. The molecule has 2 heterocycles. The Morgan fingerprint density at radius 1 is 1.50 bits per heavy atom. The Balaban J connectivity index is 2.03. The van der Waals surface area contributed by atoms with Crippen molar-refractivity contribution in [2.45, 2.75) is 52.6 Å². The standard InChI is InChI=1S/C17H27N3O2/c1-5-16(21)19-14-7-6-8-20(10-14)11-15-13(3)17(22-4)12(2)9-18-15/h9,14H,5-8,10-11H2,1-4H3,(H,19,21)/t14-/m0/s1. The van der Waals surface area contributed by atoms with Gasteiger partial charge >= 0.3 is 0 Å². The van der Waals surface area contributed by atoms with Gasteiger partial charge in [0.1, 0.15) is 5.75 Å². The van der Waals surface area contributed by atoms with E-state index in [9.17, 15) is 4.79 Å². The minimum Gasteiger partial charge on any atom is -0.496 e. The molecule has 0 unspecified atom stereocenters. The van der Waals surface area contributed by atoms with Crippen molar-refractivity contribution in [2.24, 2.45) is 0 Å². The van der Waals surface area contributed by atoms with E-state index in [1.807, 2.05) is 20.0 Å². The van der Waals surface area contributed by atoms with E-state index in [1.54, 1.807) is 7.11 Å². The Labute approximate surface area is 133 Å². The first-order chi connectivity index (χ1) is 10.5. The fraction of sp³-hybridized carbons (Fsp3) is 0.647. The van der Waals surface area contributed by atoms with Crippen LogP contribution in [0, 0.1) is 13.8 Å². The molecule has 22 heavy (non-hydrogen) atoms. The van der Waals surface area contributed by atoms with Crippen molar-refractivity contribution in [1.29, 1.82) is 0 Å². The molecule has 1 aromatic rings. The van der Waals surface area contributed by atoms with Crippen LogP contribution < -0.4 is 10.1 Å². The number of likely N-dealkylation sites (tertiary alicyclic amines) is 1. The van der Waals surface area contributed by atoms with E-state index in [2.05, 4.69) is 22.1 Å². The molecule has 122 valence electrons. The van der Waals surface area contributed by atoms with Gasteiger partial charge in [0.25, 0.3) is 0 Å². The van der Waals surface area contributed by atoms with Gasteiger partial charge < -0.3 is 10.1 Å². The molecular weight excluding hydrogens is 278 g/mol. The summed E-state index contributed by atoms with van der Waals surface area (Å²) in [6.45, 7) is 8.72. The Hall–Kier alpha value is -1.62. The van der Waals surface area contributed by atoms with E-state index in [4.69, 9.17) is 4.74 Å². The molecule has 1 aliphatic heterocycles. The fourth-order valence-electron chi connectivity index (χ4n) is 3.09.